The first-order valence-electron chi connectivity index (χ1n) is 9.07. The highest BCUT2D eigenvalue weighted by Gasteiger charge is 2.30. The summed E-state index contributed by atoms with van der Waals surface area (Å²) in [6, 6.07) is 5.00. The Labute approximate surface area is 160 Å². The largest absolute Gasteiger partial charge is 0.489 e. The molecule has 0 spiro atoms. The van der Waals surface area contributed by atoms with Crippen LogP contribution in [0.25, 0.3) is 17.0 Å². The van der Waals surface area contributed by atoms with Crippen molar-refractivity contribution in [2.45, 2.75) is 6.18 Å². The van der Waals surface area contributed by atoms with Crippen molar-refractivity contribution in [3.63, 3.8) is 0 Å². The third kappa shape index (κ3) is 4.10. The molecule has 9 heteroatoms. The van der Waals surface area contributed by atoms with Crippen molar-refractivity contribution in [3.8, 4) is 17.0 Å². The predicted molar refractivity (Wildman–Crippen MR) is 98.2 cm³/mol. The zero-order valence-electron chi connectivity index (χ0n) is 15.1. The van der Waals surface area contributed by atoms with Crippen LogP contribution >= 0.6 is 0 Å². The van der Waals surface area contributed by atoms with Crippen LogP contribution in [0.3, 0.4) is 0 Å². The van der Waals surface area contributed by atoms with Crippen LogP contribution in [0, 0.1) is 0 Å². The highest BCUT2D eigenvalue weighted by Crippen LogP contribution is 2.31. The number of fused-ring (bicyclic) bond motifs is 1. The third-order valence-electron chi connectivity index (χ3n) is 4.73. The zero-order valence-corrected chi connectivity index (χ0v) is 15.1. The second-order valence-electron chi connectivity index (χ2n) is 6.62. The Morgan fingerprint density at radius 2 is 1.75 bits per heavy atom. The molecule has 1 aliphatic heterocycles. The number of hydrogen-bond acceptors (Lipinski definition) is 5. The molecule has 2 aromatic heterocycles. The van der Waals surface area contributed by atoms with Gasteiger partial charge in [-0.1, -0.05) is 12.1 Å². The highest BCUT2D eigenvalue weighted by molar-refractivity contribution is 5.63. The van der Waals surface area contributed by atoms with Gasteiger partial charge in [-0.2, -0.15) is 13.2 Å². The molecule has 4 rings (SSSR count). The van der Waals surface area contributed by atoms with E-state index in [0.29, 0.717) is 29.4 Å². The van der Waals surface area contributed by atoms with Gasteiger partial charge in [-0.15, -0.1) is 0 Å². The minimum Gasteiger partial charge on any atom is -0.489 e. The number of aromatic nitrogens is 3. The molecule has 1 fully saturated rings. The van der Waals surface area contributed by atoms with Crippen LogP contribution in [0.5, 0.6) is 5.75 Å². The van der Waals surface area contributed by atoms with Crippen molar-refractivity contribution in [2.24, 2.45) is 0 Å². The van der Waals surface area contributed by atoms with Gasteiger partial charge in [0, 0.05) is 38.3 Å². The number of piperazine rings is 1. The molecule has 148 valence electrons. The van der Waals surface area contributed by atoms with Gasteiger partial charge in [-0.05, 0) is 12.1 Å². The van der Waals surface area contributed by atoms with Gasteiger partial charge < -0.3 is 10.1 Å². The van der Waals surface area contributed by atoms with Crippen molar-refractivity contribution >= 4 is 5.78 Å². The van der Waals surface area contributed by atoms with Gasteiger partial charge in [0.1, 0.15) is 6.61 Å². The molecular formula is C19H20F3N5O. The van der Waals surface area contributed by atoms with Crippen LogP contribution in [0.2, 0.25) is 0 Å². The van der Waals surface area contributed by atoms with Gasteiger partial charge in [0.05, 0.1) is 29.8 Å². The first-order chi connectivity index (χ1) is 13.5. The number of alkyl halides is 3. The third-order valence-corrected chi connectivity index (χ3v) is 4.73. The topological polar surface area (TPSA) is 54.7 Å². The standard InChI is InChI=1S/C19H20F3N5O/c20-19(21,22)15-3-1-14(2-4-15)17-12-25-18-24-11-16(13-27(17)18)28-10-9-26-7-5-23-6-8-26/h1-4,11-13,23H,5-10H2. The summed E-state index contributed by atoms with van der Waals surface area (Å²) in [6.07, 6.45) is 0.608. The fourth-order valence-corrected chi connectivity index (χ4v) is 3.20. The summed E-state index contributed by atoms with van der Waals surface area (Å²) in [5, 5.41) is 3.31. The fraction of sp³-hybridized carbons (Fsp3) is 0.368. The zero-order chi connectivity index (χ0) is 19.6. The molecule has 3 aromatic rings. The maximum atomic E-state index is 12.8. The van der Waals surface area contributed by atoms with E-state index in [1.807, 2.05) is 0 Å². The highest BCUT2D eigenvalue weighted by atomic mass is 19.4. The van der Waals surface area contributed by atoms with E-state index in [1.54, 1.807) is 23.0 Å². The van der Waals surface area contributed by atoms with Crippen LogP contribution in [0.1, 0.15) is 5.56 Å². The molecule has 1 saturated heterocycles. The van der Waals surface area contributed by atoms with E-state index in [-0.39, 0.29) is 0 Å². The second kappa shape index (κ2) is 7.76. The number of halogens is 3. The SMILES string of the molecule is FC(F)(F)c1ccc(-c2cnc3ncc(OCCN4CCNCC4)cn23)cc1. The summed E-state index contributed by atoms with van der Waals surface area (Å²) in [4.78, 5) is 10.8. The lowest BCUT2D eigenvalue weighted by Crippen LogP contribution is -2.44. The number of ether oxygens (including phenoxy) is 1. The summed E-state index contributed by atoms with van der Waals surface area (Å²) in [5.74, 6) is 1.05. The lowest BCUT2D eigenvalue weighted by atomic mass is 10.1. The lowest BCUT2D eigenvalue weighted by molar-refractivity contribution is -0.137. The molecule has 0 saturated carbocycles. The van der Waals surface area contributed by atoms with Crippen LogP contribution < -0.4 is 10.1 Å². The Kier molecular flexibility index (Phi) is 5.19. The molecule has 0 aliphatic carbocycles. The molecule has 0 bridgehead atoms. The van der Waals surface area contributed by atoms with Crippen molar-refractivity contribution < 1.29 is 17.9 Å². The molecule has 1 aliphatic rings. The smallest absolute Gasteiger partial charge is 0.416 e. The Hall–Kier alpha value is -2.65. The fourth-order valence-electron chi connectivity index (χ4n) is 3.20. The van der Waals surface area contributed by atoms with E-state index in [2.05, 4.69) is 20.2 Å². The first kappa shape index (κ1) is 18.7. The number of imidazole rings is 1. The maximum absolute atomic E-state index is 12.8. The summed E-state index contributed by atoms with van der Waals surface area (Å²) in [7, 11) is 0. The van der Waals surface area contributed by atoms with E-state index in [0.717, 1.165) is 44.9 Å². The molecule has 1 aromatic carbocycles. The molecule has 0 amide bonds. The van der Waals surface area contributed by atoms with Gasteiger partial charge in [0.25, 0.3) is 0 Å². The number of nitrogens with one attached hydrogen (secondary N) is 1. The molecular weight excluding hydrogens is 371 g/mol. The molecule has 1 N–H and O–H groups in total. The summed E-state index contributed by atoms with van der Waals surface area (Å²) < 4.78 is 45.9. The number of benzene rings is 1. The summed E-state index contributed by atoms with van der Waals surface area (Å²) >= 11 is 0. The van der Waals surface area contributed by atoms with Crippen LogP contribution in [0.4, 0.5) is 13.2 Å². The molecule has 0 radical (unpaired) electrons. The van der Waals surface area contributed by atoms with Gasteiger partial charge in [-0.3, -0.25) is 9.30 Å². The summed E-state index contributed by atoms with van der Waals surface area (Å²) in [6.45, 7) is 5.34. The van der Waals surface area contributed by atoms with Crippen molar-refractivity contribution in [2.75, 3.05) is 39.3 Å². The molecule has 6 nitrogen and oxygen atoms in total. The number of hydrogen-bond donors (Lipinski definition) is 1. The van der Waals surface area contributed by atoms with Gasteiger partial charge in [0.15, 0.2) is 5.75 Å². The Morgan fingerprint density at radius 1 is 1.04 bits per heavy atom. The van der Waals surface area contributed by atoms with E-state index >= 15 is 0 Å². The van der Waals surface area contributed by atoms with Gasteiger partial charge >= 0.3 is 6.18 Å². The van der Waals surface area contributed by atoms with Crippen molar-refractivity contribution in [3.05, 3.63) is 48.4 Å². The summed E-state index contributed by atoms with van der Waals surface area (Å²) in [5.41, 5.74) is 0.601. The molecule has 3 heterocycles. The molecule has 28 heavy (non-hydrogen) atoms. The monoisotopic (exact) mass is 391 g/mol. The quantitative estimate of drug-likeness (QED) is 0.725. The first-order valence-corrected chi connectivity index (χ1v) is 9.07. The van der Waals surface area contributed by atoms with E-state index in [9.17, 15) is 13.2 Å². The van der Waals surface area contributed by atoms with Gasteiger partial charge in [0.2, 0.25) is 5.78 Å². The number of nitrogens with zero attached hydrogens (tertiary/aromatic N) is 4. The number of rotatable bonds is 5. The normalized spacial score (nSPS) is 15.8. The van der Waals surface area contributed by atoms with Crippen LogP contribution in [-0.2, 0) is 6.18 Å². The maximum Gasteiger partial charge on any atom is 0.416 e. The molecule has 0 atom stereocenters. The van der Waals surface area contributed by atoms with Crippen LogP contribution in [0.15, 0.2) is 42.9 Å². The van der Waals surface area contributed by atoms with E-state index < -0.39 is 11.7 Å². The van der Waals surface area contributed by atoms with Crippen molar-refractivity contribution in [1.82, 2.24) is 24.6 Å². The van der Waals surface area contributed by atoms with Crippen molar-refractivity contribution in [1.29, 1.82) is 0 Å². The Bertz CT molecular complexity index is 933. The van der Waals surface area contributed by atoms with E-state index in [4.69, 9.17) is 4.74 Å². The molecule has 0 unspecified atom stereocenters. The van der Waals surface area contributed by atoms with E-state index in [1.165, 1.54) is 12.1 Å². The predicted octanol–water partition coefficient (Wildman–Crippen LogP) is 2.70. The average Bonchev–Trinajstić information content (AvgIpc) is 3.11. The lowest BCUT2D eigenvalue weighted by Gasteiger charge is -2.26. The average molecular weight is 391 g/mol. The van der Waals surface area contributed by atoms with Crippen LogP contribution in [-0.4, -0.2) is 58.6 Å². The minimum absolute atomic E-state index is 0.462. The second-order valence-corrected chi connectivity index (χ2v) is 6.62. The van der Waals surface area contributed by atoms with Gasteiger partial charge in [-0.25, -0.2) is 9.97 Å². The minimum atomic E-state index is -4.36. The Morgan fingerprint density at radius 3 is 2.46 bits per heavy atom. The Balaban J connectivity index is 1.49.